The van der Waals surface area contributed by atoms with Gasteiger partial charge in [-0.1, -0.05) is 12.1 Å². The van der Waals surface area contributed by atoms with E-state index in [-0.39, 0.29) is 0 Å². The lowest BCUT2D eigenvalue weighted by atomic mass is 10.1. The second-order valence-corrected chi connectivity index (χ2v) is 3.09. The zero-order valence-electron chi connectivity index (χ0n) is 6.88. The fourth-order valence-electron chi connectivity index (χ4n) is 1.24. The topological polar surface area (TPSA) is 50.1 Å². The van der Waals surface area contributed by atoms with Gasteiger partial charge in [-0.05, 0) is 12.1 Å². The molecule has 1 heterocycles. The first-order chi connectivity index (χ1) is 5.86. The fraction of sp³-hybridized carbons (Fsp3) is 0.333. The van der Waals surface area contributed by atoms with E-state index in [0.717, 1.165) is 24.5 Å². The molecule has 1 aromatic rings. The van der Waals surface area contributed by atoms with E-state index in [0.29, 0.717) is 6.04 Å². The molecule has 0 unspecified atom stereocenters. The van der Waals surface area contributed by atoms with Crippen molar-refractivity contribution in [1.82, 2.24) is 5.32 Å². The maximum atomic E-state index is 5.76. The number of hydrogen-bond acceptors (Lipinski definition) is 3. The number of rotatable bonds is 2. The van der Waals surface area contributed by atoms with Crippen LogP contribution in [0, 0.1) is 0 Å². The molecule has 0 amide bonds. The summed E-state index contributed by atoms with van der Waals surface area (Å²) in [4.78, 5) is 0. The summed E-state index contributed by atoms with van der Waals surface area (Å²) in [5.74, 6) is 0. The van der Waals surface area contributed by atoms with Crippen molar-refractivity contribution in [3.63, 3.8) is 0 Å². The van der Waals surface area contributed by atoms with Crippen LogP contribution in [-0.2, 0) is 0 Å². The zero-order chi connectivity index (χ0) is 8.39. The summed E-state index contributed by atoms with van der Waals surface area (Å²) in [6, 6.07) is 8.40. The third-order valence-corrected chi connectivity index (χ3v) is 2.10. The summed E-state index contributed by atoms with van der Waals surface area (Å²) < 4.78 is 0. The van der Waals surface area contributed by atoms with E-state index in [9.17, 15) is 0 Å². The highest BCUT2D eigenvalue weighted by Crippen LogP contribution is 2.18. The van der Waals surface area contributed by atoms with Crippen molar-refractivity contribution in [3.05, 3.63) is 24.3 Å². The van der Waals surface area contributed by atoms with Gasteiger partial charge in [0.25, 0.3) is 0 Å². The summed E-state index contributed by atoms with van der Waals surface area (Å²) in [6.45, 7) is 2.07. The van der Waals surface area contributed by atoms with Gasteiger partial charge in [-0.2, -0.15) is 0 Å². The van der Waals surface area contributed by atoms with Gasteiger partial charge in [-0.25, -0.2) is 0 Å². The molecule has 1 aliphatic rings. The molecular formula is C9H13N3. The fourth-order valence-corrected chi connectivity index (χ4v) is 1.24. The van der Waals surface area contributed by atoms with Gasteiger partial charge in [0.2, 0.25) is 0 Å². The van der Waals surface area contributed by atoms with Crippen molar-refractivity contribution >= 4 is 11.4 Å². The molecule has 0 saturated carbocycles. The summed E-state index contributed by atoms with van der Waals surface area (Å²) >= 11 is 0. The zero-order valence-corrected chi connectivity index (χ0v) is 6.88. The molecule has 1 aliphatic heterocycles. The maximum absolute atomic E-state index is 5.76. The molecule has 0 aromatic heterocycles. The van der Waals surface area contributed by atoms with Crippen LogP contribution in [-0.4, -0.2) is 19.1 Å². The molecule has 0 aliphatic carbocycles. The van der Waals surface area contributed by atoms with Crippen molar-refractivity contribution in [2.45, 2.75) is 6.04 Å². The van der Waals surface area contributed by atoms with Crippen molar-refractivity contribution < 1.29 is 0 Å². The number of nitrogens with one attached hydrogen (secondary N) is 2. The summed E-state index contributed by atoms with van der Waals surface area (Å²) in [7, 11) is 0. The Labute approximate surface area is 72.0 Å². The Hall–Kier alpha value is -1.22. The molecule has 0 spiro atoms. The first kappa shape index (κ1) is 7.43. The molecule has 1 saturated heterocycles. The Kier molecular flexibility index (Phi) is 1.87. The van der Waals surface area contributed by atoms with Crippen molar-refractivity contribution in [3.8, 4) is 0 Å². The van der Waals surface area contributed by atoms with Crippen LogP contribution in [0.15, 0.2) is 24.3 Å². The van der Waals surface area contributed by atoms with Gasteiger partial charge >= 0.3 is 0 Å². The molecular weight excluding hydrogens is 150 g/mol. The highest BCUT2D eigenvalue weighted by atomic mass is 15.1. The second kappa shape index (κ2) is 3.03. The van der Waals surface area contributed by atoms with Gasteiger partial charge < -0.3 is 16.4 Å². The van der Waals surface area contributed by atoms with Gasteiger partial charge in [0.05, 0.1) is 17.4 Å². The van der Waals surface area contributed by atoms with Crippen molar-refractivity contribution in [2.24, 2.45) is 0 Å². The van der Waals surface area contributed by atoms with E-state index >= 15 is 0 Å². The summed E-state index contributed by atoms with van der Waals surface area (Å²) in [6.07, 6.45) is 0. The minimum absolute atomic E-state index is 0.551. The number of nitrogens with two attached hydrogens (primary N) is 1. The summed E-state index contributed by atoms with van der Waals surface area (Å²) in [5.41, 5.74) is 7.63. The number of nitrogen functional groups attached to an aromatic ring is 1. The van der Waals surface area contributed by atoms with Gasteiger partial charge in [-0.3, -0.25) is 0 Å². The molecule has 1 fully saturated rings. The van der Waals surface area contributed by atoms with Gasteiger partial charge in [0, 0.05) is 13.1 Å². The Balaban J connectivity index is 2.06. The smallest absolute Gasteiger partial charge is 0.0576 e. The average molecular weight is 163 g/mol. The lowest BCUT2D eigenvalue weighted by Gasteiger charge is -2.29. The predicted molar refractivity (Wildman–Crippen MR) is 51.1 cm³/mol. The molecule has 64 valence electrons. The predicted octanol–water partition coefficient (Wildman–Crippen LogP) is 0.652. The van der Waals surface area contributed by atoms with Crippen LogP contribution in [0.3, 0.4) is 0 Å². The van der Waals surface area contributed by atoms with E-state index in [4.69, 9.17) is 5.73 Å². The van der Waals surface area contributed by atoms with Crippen LogP contribution >= 0.6 is 0 Å². The molecule has 0 atom stereocenters. The normalized spacial score (nSPS) is 17.0. The van der Waals surface area contributed by atoms with Gasteiger partial charge in [0.1, 0.15) is 0 Å². The maximum Gasteiger partial charge on any atom is 0.0576 e. The molecule has 2 rings (SSSR count). The van der Waals surface area contributed by atoms with Crippen molar-refractivity contribution in [1.29, 1.82) is 0 Å². The number of benzene rings is 1. The molecule has 12 heavy (non-hydrogen) atoms. The molecule has 0 radical (unpaired) electrons. The highest BCUT2D eigenvalue weighted by Gasteiger charge is 2.16. The van der Waals surface area contributed by atoms with E-state index < -0.39 is 0 Å². The standard InChI is InChI=1S/C9H13N3/c10-8-3-1-2-4-9(8)12-7-5-11-6-7/h1-4,7,11-12H,5-6,10H2. The Bertz CT molecular complexity index is 268. The van der Waals surface area contributed by atoms with Crippen LogP contribution in [0.25, 0.3) is 0 Å². The number of hydrogen-bond donors (Lipinski definition) is 3. The third kappa shape index (κ3) is 1.36. The first-order valence-electron chi connectivity index (χ1n) is 4.18. The van der Waals surface area contributed by atoms with Crippen LogP contribution in [0.5, 0.6) is 0 Å². The third-order valence-electron chi connectivity index (χ3n) is 2.10. The Morgan fingerprint density at radius 1 is 1.33 bits per heavy atom. The minimum atomic E-state index is 0.551. The second-order valence-electron chi connectivity index (χ2n) is 3.09. The van der Waals surface area contributed by atoms with E-state index in [2.05, 4.69) is 10.6 Å². The quantitative estimate of drug-likeness (QED) is 0.561. The number of para-hydroxylation sites is 2. The SMILES string of the molecule is Nc1ccccc1NC1CNC1. The van der Waals surface area contributed by atoms with Crippen LogP contribution < -0.4 is 16.4 Å². The van der Waals surface area contributed by atoms with E-state index in [1.807, 2.05) is 24.3 Å². The lowest BCUT2D eigenvalue weighted by molar-refractivity contribution is 0.472. The van der Waals surface area contributed by atoms with E-state index in [1.165, 1.54) is 0 Å². The summed E-state index contributed by atoms with van der Waals surface area (Å²) in [5, 5.41) is 6.56. The van der Waals surface area contributed by atoms with Crippen LogP contribution in [0.1, 0.15) is 0 Å². The van der Waals surface area contributed by atoms with Crippen molar-refractivity contribution in [2.75, 3.05) is 24.1 Å². The molecule has 3 nitrogen and oxygen atoms in total. The molecule has 3 heteroatoms. The first-order valence-corrected chi connectivity index (χ1v) is 4.18. The molecule has 0 bridgehead atoms. The van der Waals surface area contributed by atoms with Gasteiger partial charge in [0.15, 0.2) is 0 Å². The van der Waals surface area contributed by atoms with Crippen LogP contribution in [0.4, 0.5) is 11.4 Å². The van der Waals surface area contributed by atoms with E-state index in [1.54, 1.807) is 0 Å². The Morgan fingerprint density at radius 2 is 2.08 bits per heavy atom. The van der Waals surface area contributed by atoms with Gasteiger partial charge in [-0.15, -0.1) is 0 Å². The monoisotopic (exact) mass is 163 g/mol. The highest BCUT2D eigenvalue weighted by molar-refractivity contribution is 5.66. The van der Waals surface area contributed by atoms with Crippen LogP contribution in [0.2, 0.25) is 0 Å². The lowest BCUT2D eigenvalue weighted by Crippen LogP contribution is -2.51. The minimum Gasteiger partial charge on any atom is -0.397 e. The Morgan fingerprint density at radius 3 is 2.67 bits per heavy atom. The molecule has 1 aromatic carbocycles. The molecule has 4 N–H and O–H groups in total. The largest absolute Gasteiger partial charge is 0.397 e. The average Bonchev–Trinajstić information content (AvgIpc) is 2.00. The number of anilines is 2.